The Bertz CT molecular complexity index is 476. The summed E-state index contributed by atoms with van der Waals surface area (Å²) >= 11 is 0. The van der Waals surface area contributed by atoms with Crippen LogP contribution < -0.4 is 0 Å². The van der Waals surface area contributed by atoms with E-state index in [1.165, 1.54) is 12.8 Å². The van der Waals surface area contributed by atoms with Gasteiger partial charge in [0.05, 0.1) is 6.10 Å². The fourth-order valence-electron chi connectivity index (χ4n) is 2.85. The molecule has 0 spiro atoms. The van der Waals surface area contributed by atoms with Crippen molar-refractivity contribution >= 4 is 11.8 Å². The fourth-order valence-corrected chi connectivity index (χ4v) is 2.85. The van der Waals surface area contributed by atoms with Crippen LogP contribution in [0, 0.1) is 11.8 Å². The van der Waals surface area contributed by atoms with Gasteiger partial charge in [-0.05, 0) is 37.7 Å². The van der Waals surface area contributed by atoms with Crippen LogP contribution in [0.3, 0.4) is 0 Å². The van der Waals surface area contributed by atoms with Gasteiger partial charge < -0.3 is 10.2 Å². The number of carbonyl (C=O) groups excluding carboxylic acids is 1. The third kappa shape index (κ3) is 8.25. The number of unbranched alkanes of at least 4 members (excludes halogenated alkanes) is 3. The molecule has 0 fully saturated rings. The van der Waals surface area contributed by atoms with Crippen molar-refractivity contribution in [1.29, 1.82) is 0 Å². The van der Waals surface area contributed by atoms with Gasteiger partial charge in [0.25, 0.3) is 0 Å². The third-order valence-electron chi connectivity index (χ3n) is 4.28. The molecule has 0 aromatic heterocycles. The van der Waals surface area contributed by atoms with E-state index in [2.05, 4.69) is 6.92 Å². The van der Waals surface area contributed by atoms with Gasteiger partial charge in [-0.15, -0.1) is 0 Å². The third-order valence-corrected chi connectivity index (χ3v) is 4.28. The van der Waals surface area contributed by atoms with Crippen molar-refractivity contribution in [3.05, 3.63) is 36.5 Å². The fraction of sp³-hybridized carbons (Fsp3) is 0.600. The Labute approximate surface area is 145 Å². The van der Waals surface area contributed by atoms with Gasteiger partial charge >= 0.3 is 5.97 Å². The van der Waals surface area contributed by atoms with Crippen molar-refractivity contribution in [2.24, 2.45) is 11.8 Å². The minimum absolute atomic E-state index is 0.129. The second kappa shape index (κ2) is 11.8. The standard InChI is InChI=1S/C20H30O4/c1-2-3-6-9-16-12-15-19(22)18(16)14-13-17(21)10-7-4-5-8-11-20(23)24/h4,7,12-18,21H,2-3,5-6,8-11H2,1H3,(H,23,24)/b7-4-,14-13+/t16-,17+,18+/m0/s1. The molecule has 0 saturated carbocycles. The van der Waals surface area contributed by atoms with Gasteiger partial charge in [0.2, 0.25) is 0 Å². The molecule has 1 aliphatic carbocycles. The van der Waals surface area contributed by atoms with Gasteiger partial charge in [-0.2, -0.15) is 0 Å². The van der Waals surface area contributed by atoms with Crippen LogP contribution in [0.5, 0.6) is 0 Å². The summed E-state index contributed by atoms with van der Waals surface area (Å²) in [5.74, 6) is -0.519. The molecule has 0 aliphatic heterocycles. The van der Waals surface area contributed by atoms with Crippen LogP contribution in [-0.4, -0.2) is 28.1 Å². The maximum Gasteiger partial charge on any atom is 0.303 e. The first-order valence-corrected chi connectivity index (χ1v) is 8.99. The van der Waals surface area contributed by atoms with Crippen LogP contribution >= 0.6 is 0 Å². The molecule has 3 atom stereocenters. The molecule has 4 heteroatoms. The monoisotopic (exact) mass is 334 g/mol. The number of aliphatic carboxylic acids is 1. The summed E-state index contributed by atoms with van der Waals surface area (Å²) in [5, 5.41) is 18.5. The average molecular weight is 334 g/mol. The molecule has 0 aromatic carbocycles. The first kappa shape index (κ1) is 20.4. The van der Waals surface area contributed by atoms with Crippen molar-refractivity contribution in [2.75, 3.05) is 0 Å². The van der Waals surface area contributed by atoms with Crippen molar-refractivity contribution in [3.8, 4) is 0 Å². The zero-order valence-electron chi connectivity index (χ0n) is 14.6. The molecule has 0 amide bonds. The Balaban J connectivity index is 2.33. The van der Waals surface area contributed by atoms with Crippen LogP contribution in [0.1, 0.15) is 58.3 Å². The summed E-state index contributed by atoms with van der Waals surface area (Å²) in [6.07, 6.45) is 16.9. The van der Waals surface area contributed by atoms with E-state index in [1.807, 2.05) is 24.3 Å². The van der Waals surface area contributed by atoms with E-state index in [0.717, 1.165) is 12.8 Å². The molecule has 1 aliphatic rings. The minimum atomic E-state index is -0.783. The lowest BCUT2D eigenvalue weighted by molar-refractivity contribution is -0.137. The van der Waals surface area contributed by atoms with Crippen LogP contribution in [0.15, 0.2) is 36.5 Å². The Hall–Kier alpha value is -1.68. The number of allylic oxidation sites excluding steroid dienone is 4. The number of hydrogen-bond donors (Lipinski definition) is 2. The van der Waals surface area contributed by atoms with Crippen molar-refractivity contribution in [2.45, 2.75) is 64.4 Å². The molecule has 24 heavy (non-hydrogen) atoms. The van der Waals surface area contributed by atoms with Crippen molar-refractivity contribution in [3.63, 3.8) is 0 Å². The quantitative estimate of drug-likeness (QED) is 0.417. The number of ketones is 1. The van der Waals surface area contributed by atoms with Gasteiger partial charge in [-0.1, -0.05) is 56.6 Å². The molecular weight excluding hydrogens is 304 g/mol. The SMILES string of the molecule is CCCCC[C@H]1C=CC(=O)[C@@H]1/C=C/[C@H](O)C/C=C\CCCC(=O)O. The molecule has 0 aromatic rings. The van der Waals surface area contributed by atoms with Gasteiger partial charge in [-0.25, -0.2) is 0 Å². The second-order valence-electron chi connectivity index (χ2n) is 6.39. The molecule has 0 saturated heterocycles. The highest BCUT2D eigenvalue weighted by atomic mass is 16.4. The Morgan fingerprint density at radius 2 is 2.08 bits per heavy atom. The van der Waals surface area contributed by atoms with Crippen molar-refractivity contribution in [1.82, 2.24) is 0 Å². The number of aliphatic hydroxyl groups excluding tert-OH is 1. The summed E-state index contributed by atoms with van der Waals surface area (Å²) in [4.78, 5) is 22.3. The lowest BCUT2D eigenvalue weighted by atomic mass is 9.89. The highest BCUT2D eigenvalue weighted by Crippen LogP contribution is 2.28. The zero-order chi connectivity index (χ0) is 17.8. The van der Waals surface area contributed by atoms with Crippen LogP contribution in [0.2, 0.25) is 0 Å². The maximum atomic E-state index is 11.9. The highest BCUT2D eigenvalue weighted by Gasteiger charge is 2.27. The minimum Gasteiger partial charge on any atom is -0.481 e. The molecule has 134 valence electrons. The van der Waals surface area contributed by atoms with Crippen molar-refractivity contribution < 1.29 is 19.8 Å². The number of carboxylic acids is 1. The van der Waals surface area contributed by atoms with E-state index in [1.54, 1.807) is 12.2 Å². The second-order valence-corrected chi connectivity index (χ2v) is 6.39. The number of carbonyl (C=O) groups is 2. The molecule has 0 heterocycles. The van der Waals surface area contributed by atoms with E-state index >= 15 is 0 Å². The highest BCUT2D eigenvalue weighted by molar-refractivity contribution is 5.95. The van der Waals surface area contributed by atoms with Crippen LogP contribution in [0.4, 0.5) is 0 Å². The maximum absolute atomic E-state index is 11.9. The number of rotatable bonds is 12. The first-order chi connectivity index (χ1) is 11.5. The molecule has 0 unspecified atom stereocenters. The smallest absolute Gasteiger partial charge is 0.303 e. The molecule has 2 N–H and O–H groups in total. The normalized spacial score (nSPS) is 22.0. The number of hydrogen-bond acceptors (Lipinski definition) is 3. The van der Waals surface area contributed by atoms with Gasteiger partial charge in [-0.3, -0.25) is 9.59 Å². The number of carboxylic acid groups (broad SMARTS) is 1. The van der Waals surface area contributed by atoms with E-state index in [9.17, 15) is 14.7 Å². The Kier molecular flexibility index (Phi) is 10.0. The van der Waals surface area contributed by atoms with Gasteiger partial charge in [0.1, 0.15) is 0 Å². The lowest BCUT2D eigenvalue weighted by Gasteiger charge is -2.14. The molecule has 0 radical (unpaired) electrons. The predicted octanol–water partition coefficient (Wildman–Crippen LogP) is 4.06. The van der Waals surface area contributed by atoms with E-state index < -0.39 is 12.1 Å². The summed E-state index contributed by atoms with van der Waals surface area (Å²) in [5.41, 5.74) is 0. The van der Waals surface area contributed by atoms with Gasteiger partial charge in [0.15, 0.2) is 5.78 Å². The largest absolute Gasteiger partial charge is 0.481 e. The molecule has 1 rings (SSSR count). The van der Waals surface area contributed by atoms with Crippen LogP contribution in [-0.2, 0) is 9.59 Å². The first-order valence-electron chi connectivity index (χ1n) is 8.99. The van der Waals surface area contributed by atoms with Crippen LogP contribution in [0.25, 0.3) is 0 Å². The summed E-state index contributed by atoms with van der Waals surface area (Å²) in [6.45, 7) is 2.17. The molecule has 4 nitrogen and oxygen atoms in total. The summed E-state index contributed by atoms with van der Waals surface area (Å²) < 4.78 is 0. The van der Waals surface area contributed by atoms with E-state index in [-0.39, 0.29) is 24.0 Å². The predicted molar refractivity (Wildman–Crippen MR) is 95.7 cm³/mol. The van der Waals surface area contributed by atoms with E-state index in [0.29, 0.717) is 19.3 Å². The number of aliphatic hydroxyl groups is 1. The lowest BCUT2D eigenvalue weighted by Crippen LogP contribution is -2.14. The zero-order valence-corrected chi connectivity index (χ0v) is 14.6. The topological polar surface area (TPSA) is 74.6 Å². The molecular formula is C20H30O4. The average Bonchev–Trinajstić information content (AvgIpc) is 2.89. The summed E-state index contributed by atoms with van der Waals surface area (Å²) in [6, 6.07) is 0. The Morgan fingerprint density at radius 3 is 2.79 bits per heavy atom. The van der Waals surface area contributed by atoms with Gasteiger partial charge in [0, 0.05) is 12.3 Å². The summed E-state index contributed by atoms with van der Waals surface area (Å²) in [7, 11) is 0. The molecule has 0 bridgehead atoms. The van der Waals surface area contributed by atoms with E-state index in [4.69, 9.17) is 5.11 Å². The Morgan fingerprint density at radius 1 is 1.29 bits per heavy atom.